The van der Waals surface area contributed by atoms with Crippen molar-refractivity contribution in [1.29, 1.82) is 0 Å². The number of thiocarbonyl (C=S) groups is 1. The Morgan fingerprint density at radius 2 is 2.26 bits per heavy atom. The fourth-order valence-electron chi connectivity index (χ4n) is 1.31. The van der Waals surface area contributed by atoms with Gasteiger partial charge >= 0.3 is 0 Å². The third kappa shape index (κ3) is 5.29. The molecule has 0 aliphatic carbocycles. The van der Waals surface area contributed by atoms with E-state index in [0.29, 0.717) is 18.5 Å². The van der Waals surface area contributed by atoms with E-state index in [1.54, 1.807) is 25.3 Å². The standard InChI is InChI=1S/C12H15IN2O3S/c1-18-10-4-3-8(7-9(10)13)11(17)15-12(19)14-5-2-6-16/h3-4,7,16H,2,5-6H2,1H3,(H2,14,15,17,19). The van der Waals surface area contributed by atoms with Gasteiger partial charge in [0.1, 0.15) is 5.75 Å². The van der Waals surface area contributed by atoms with E-state index < -0.39 is 0 Å². The van der Waals surface area contributed by atoms with E-state index in [0.717, 1.165) is 9.32 Å². The molecule has 0 saturated carbocycles. The van der Waals surface area contributed by atoms with Crippen molar-refractivity contribution in [3.63, 3.8) is 0 Å². The predicted octanol–water partition coefficient (Wildman–Crippen LogP) is 1.29. The molecular weight excluding hydrogens is 379 g/mol. The van der Waals surface area contributed by atoms with Crippen molar-refractivity contribution in [3.05, 3.63) is 27.3 Å². The molecular formula is C12H15IN2O3S. The summed E-state index contributed by atoms with van der Waals surface area (Å²) < 4.78 is 5.98. The Balaban J connectivity index is 2.58. The summed E-state index contributed by atoms with van der Waals surface area (Å²) in [7, 11) is 1.58. The molecule has 1 aromatic carbocycles. The third-order valence-corrected chi connectivity index (χ3v) is 3.35. The summed E-state index contributed by atoms with van der Waals surface area (Å²) in [6.07, 6.45) is 0.580. The van der Waals surface area contributed by atoms with Crippen LogP contribution in [-0.2, 0) is 0 Å². The molecule has 19 heavy (non-hydrogen) atoms. The zero-order chi connectivity index (χ0) is 14.3. The Hall–Kier alpha value is -0.930. The van der Waals surface area contributed by atoms with Crippen LogP contribution in [0.5, 0.6) is 5.75 Å². The van der Waals surface area contributed by atoms with Gasteiger partial charge in [-0.3, -0.25) is 10.1 Å². The van der Waals surface area contributed by atoms with Crippen LogP contribution in [0, 0.1) is 3.57 Å². The molecule has 1 amide bonds. The lowest BCUT2D eigenvalue weighted by atomic mass is 10.2. The van der Waals surface area contributed by atoms with Crippen molar-refractivity contribution in [2.24, 2.45) is 0 Å². The number of nitrogens with one attached hydrogen (secondary N) is 2. The maximum Gasteiger partial charge on any atom is 0.257 e. The van der Waals surface area contributed by atoms with Gasteiger partial charge in [0.15, 0.2) is 5.11 Å². The van der Waals surface area contributed by atoms with Gasteiger partial charge in [-0.05, 0) is 59.4 Å². The first kappa shape index (κ1) is 16.1. The molecule has 0 unspecified atom stereocenters. The molecule has 0 aliphatic heterocycles. The Labute approximate surface area is 130 Å². The molecule has 5 nitrogen and oxygen atoms in total. The minimum atomic E-state index is -0.276. The molecule has 0 aliphatic rings. The quantitative estimate of drug-likeness (QED) is 0.399. The predicted molar refractivity (Wildman–Crippen MR) is 85.5 cm³/mol. The number of methoxy groups -OCH3 is 1. The molecule has 0 spiro atoms. The van der Waals surface area contributed by atoms with Gasteiger partial charge < -0.3 is 15.2 Å². The van der Waals surface area contributed by atoms with E-state index in [-0.39, 0.29) is 17.6 Å². The van der Waals surface area contributed by atoms with Crippen LogP contribution in [0.2, 0.25) is 0 Å². The van der Waals surface area contributed by atoms with Crippen LogP contribution in [0.25, 0.3) is 0 Å². The third-order valence-electron chi connectivity index (χ3n) is 2.26. The number of aliphatic hydroxyl groups is 1. The molecule has 0 saturated heterocycles. The van der Waals surface area contributed by atoms with E-state index >= 15 is 0 Å². The summed E-state index contributed by atoms with van der Waals surface area (Å²) in [5, 5.41) is 14.3. The van der Waals surface area contributed by atoms with Crippen molar-refractivity contribution in [1.82, 2.24) is 10.6 Å². The van der Waals surface area contributed by atoms with Crippen molar-refractivity contribution in [2.75, 3.05) is 20.3 Å². The zero-order valence-corrected chi connectivity index (χ0v) is 13.4. The Bertz CT molecular complexity index is 468. The number of benzene rings is 1. The van der Waals surface area contributed by atoms with E-state index in [4.69, 9.17) is 22.1 Å². The largest absolute Gasteiger partial charge is 0.496 e. The van der Waals surface area contributed by atoms with Gasteiger partial charge in [0, 0.05) is 18.7 Å². The average molecular weight is 394 g/mol. The lowest BCUT2D eigenvalue weighted by molar-refractivity contribution is 0.0976. The van der Waals surface area contributed by atoms with Crippen molar-refractivity contribution >= 4 is 45.8 Å². The molecule has 0 radical (unpaired) electrons. The number of hydrogen-bond acceptors (Lipinski definition) is 4. The van der Waals surface area contributed by atoms with Gasteiger partial charge in [-0.25, -0.2) is 0 Å². The second-order valence-corrected chi connectivity index (χ2v) is 5.21. The van der Waals surface area contributed by atoms with Gasteiger partial charge in [-0.2, -0.15) is 0 Å². The van der Waals surface area contributed by atoms with E-state index in [1.807, 2.05) is 0 Å². The fourth-order valence-corrected chi connectivity index (χ4v) is 2.24. The van der Waals surface area contributed by atoms with E-state index in [2.05, 4.69) is 33.2 Å². The van der Waals surface area contributed by atoms with Crippen molar-refractivity contribution in [3.8, 4) is 5.75 Å². The molecule has 0 fully saturated rings. The minimum Gasteiger partial charge on any atom is -0.496 e. The number of hydrogen-bond donors (Lipinski definition) is 3. The van der Waals surface area contributed by atoms with Crippen molar-refractivity contribution < 1.29 is 14.6 Å². The second-order valence-electron chi connectivity index (χ2n) is 3.64. The molecule has 0 atom stereocenters. The number of carbonyl (C=O) groups excluding carboxylic acids is 1. The first-order valence-corrected chi connectivity index (χ1v) is 7.10. The zero-order valence-electron chi connectivity index (χ0n) is 10.4. The molecule has 1 aromatic rings. The lowest BCUT2D eigenvalue weighted by Crippen LogP contribution is -2.39. The first-order valence-electron chi connectivity index (χ1n) is 5.62. The highest BCUT2D eigenvalue weighted by atomic mass is 127. The number of carbonyl (C=O) groups is 1. The minimum absolute atomic E-state index is 0.0836. The summed E-state index contributed by atoms with van der Waals surface area (Å²) in [5.41, 5.74) is 0.511. The van der Waals surface area contributed by atoms with E-state index in [9.17, 15) is 4.79 Å². The summed E-state index contributed by atoms with van der Waals surface area (Å²) in [5.74, 6) is 0.447. The van der Waals surface area contributed by atoms with Crippen LogP contribution in [0.1, 0.15) is 16.8 Å². The normalized spacial score (nSPS) is 9.84. The highest BCUT2D eigenvalue weighted by molar-refractivity contribution is 14.1. The number of rotatable bonds is 5. The second kappa shape index (κ2) is 8.28. The van der Waals surface area contributed by atoms with Crippen molar-refractivity contribution in [2.45, 2.75) is 6.42 Å². The van der Waals surface area contributed by atoms with Crippen LogP contribution in [0.3, 0.4) is 0 Å². The molecule has 3 N–H and O–H groups in total. The van der Waals surface area contributed by atoms with Crippen LogP contribution >= 0.6 is 34.8 Å². The maximum atomic E-state index is 11.9. The number of ether oxygens (including phenoxy) is 1. The summed E-state index contributed by atoms with van der Waals surface area (Å²) in [6, 6.07) is 5.14. The topological polar surface area (TPSA) is 70.6 Å². The fraction of sp³-hybridized carbons (Fsp3) is 0.333. The smallest absolute Gasteiger partial charge is 0.257 e. The van der Waals surface area contributed by atoms with Gasteiger partial charge in [0.05, 0.1) is 10.7 Å². The van der Waals surface area contributed by atoms with Gasteiger partial charge in [-0.15, -0.1) is 0 Å². The molecule has 1 rings (SSSR count). The maximum absolute atomic E-state index is 11.9. The number of amides is 1. The van der Waals surface area contributed by atoms with E-state index in [1.165, 1.54) is 0 Å². The summed E-state index contributed by atoms with van der Waals surface area (Å²) >= 11 is 7.07. The highest BCUT2D eigenvalue weighted by Crippen LogP contribution is 2.21. The Morgan fingerprint density at radius 3 is 2.84 bits per heavy atom. The lowest BCUT2D eigenvalue weighted by Gasteiger charge is -2.10. The summed E-state index contributed by atoms with van der Waals surface area (Å²) in [6.45, 7) is 0.607. The Kier molecular flexibility index (Phi) is 7.03. The highest BCUT2D eigenvalue weighted by Gasteiger charge is 2.10. The van der Waals surface area contributed by atoms with Gasteiger partial charge in [-0.1, -0.05) is 0 Å². The molecule has 0 aromatic heterocycles. The van der Waals surface area contributed by atoms with Crippen LogP contribution < -0.4 is 15.4 Å². The molecule has 7 heteroatoms. The first-order chi connectivity index (χ1) is 9.08. The van der Waals surface area contributed by atoms with Crippen LogP contribution in [0.15, 0.2) is 18.2 Å². The average Bonchev–Trinajstić information content (AvgIpc) is 2.38. The van der Waals surface area contributed by atoms with Crippen LogP contribution in [-0.4, -0.2) is 36.4 Å². The van der Waals surface area contributed by atoms with Crippen LogP contribution in [0.4, 0.5) is 0 Å². The van der Waals surface area contributed by atoms with Gasteiger partial charge in [0.25, 0.3) is 5.91 Å². The van der Waals surface area contributed by atoms with Gasteiger partial charge in [0.2, 0.25) is 0 Å². The monoisotopic (exact) mass is 394 g/mol. The molecule has 0 heterocycles. The number of halogens is 1. The SMILES string of the molecule is COc1ccc(C(=O)NC(=S)NCCCO)cc1I. The molecule has 0 bridgehead atoms. The number of aliphatic hydroxyl groups excluding tert-OH is 1. The Morgan fingerprint density at radius 1 is 1.53 bits per heavy atom. The molecule has 104 valence electrons. The summed E-state index contributed by atoms with van der Waals surface area (Å²) in [4.78, 5) is 11.9.